The number of rotatable bonds is 1. The Labute approximate surface area is 95.5 Å². The molecule has 0 bridgehead atoms. The molecule has 5 heteroatoms. The summed E-state index contributed by atoms with van der Waals surface area (Å²) in [7, 11) is 0. The predicted octanol–water partition coefficient (Wildman–Crippen LogP) is 2.44. The number of nitrogens with zero attached hydrogens (tertiary/aromatic N) is 1. The van der Waals surface area contributed by atoms with E-state index < -0.39 is 5.92 Å². The van der Waals surface area contributed by atoms with Gasteiger partial charge in [0, 0.05) is 18.8 Å². The molecule has 1 aliphatic rings. The van der Waals surface area contributed by atoms with Crippen LogP contribution in [-0.4, -0.2) is 15.9 Å². The van der Waals surface area contributed by atoms with Gasteiger partial charge in [-0.3, -0.25) is 4.79 Å². The Bertz CT molecular complexity index is 628. The van der Waals surface area contributed by atoms with Gasteiger partial charge in [-0.25, -0.2) is 13.8 Å². The lowest BCUT2D eigenvalue weighted by molar-refractivity contribution is -0.0885. The van der Waals surface area contributed by atoms with Crippen molar-refractivity contribution >= 4 is 10.9 Å². The number of hydrogen-bond acceptors (Lipinski definition) is 2. The predicted molar refractivity (Wildman–Crippen MR) is 59.3 cm³/mol. The summed E-state index contributed by atoms with van der Waals surface area (Å²) in [6.07, 6.45) is -0.456. The molecule has 1 saturated carbocycles. The van der Waals surface area contributed by atoms with E-state index in [1.54, 1.807) is 24.3 Å². The highest BCUT2D eigenvalue weighted by Gasteiger charge is 2.47. The van der Waals surface area contributed by atoms with E-state index in [-0.39, 0.29) is 24.3 Å². The zero-order valence-electron chi connectivity index (χ0n) is 8.91. The second-order valence-electron chi connectivity index (χ2n) is 4.43. The molecule has 0 aliphatic heterocycles. The number of fused-ring (bicyclic) bond motifs is 1. The maximum Gasteiger partial charge on any atom is 0.258 e. The van der Waals surface area contributed by atoms with Crippen LogP contribution in [0.5, 0.6) is 0 Å². The minimum Gasteiger partial charge on any atom is -0.310 e. The summed E-state index contributed by atoms with van der Waals surface area (Å²) in [4.78, 5) is 18.5. The molecular weight excluding hydrogens is 226 g/mol. The van der Waals surface area contributed by atoms with Crippen LogP contribution in [-0.2, 0) is 0 Å². The lowest BCUT2D eigenvalue weighted by atomic mass is 9.81. The van der Waals surface area contributed by atoms with Crippen molar-refractivity contribution < 1.29 is 8.78 Å². The van der Waals surface area contributed by atoms with Crippen molar-refractivity contribution in [3.05, 3.63) is 40.4 Å². The second-order valence-corrected chi connectivity index (χ2v) is 4.43. The summed E-state index contributed by atoms with van der Waals surface area (Å²) in [5.74, 6) is -2.56. The minimum atomic E-state index is -2.60. The number of H-pyrrole nitrogens is 1. The van der Waals surface area contributed by atoms with E-state index in [1.807, 2.05) is 0 Å². The lowest BCUT2D eigenvalue weighted by Gasteiger charge is -2.33. The van der Waals surface area contributed by atoms with Crippen LogP contribution in [0.3, 0.4) is 0 Å². The number of para-hydroxylation sites is 1. The second kappa shape index (κ2) is 3.35. The normalized spacial score (nSPS) is 19.2. The maximum atomic E-state index is 12.8. The van der Waals surface area contributed by atoms with Crippen LogP contribution >= 0.6 is 0 Å². The highest BCUT2D eigenvalue weighted by Crippen LogP contribution is 2.47. The highest BCUT2D eigenvalue weighted by atomic mass is 19.3. The van der Waals surface area contributed by atoms with Crippen molar-refractivity contribution in [3.8, 4) is 0 Å². The van der Waals surface area contributed by atoms with Crippen molar-refractivity contribution in [1.82, 2.24) is 9.97 Å². The molecule has 0 spiro atoms. The number of hydrogen-bond donors (Lipinski definition) is 1. The first-order valence-electron chi connectivity index (χ1n) is 5.42. The average Bonchev–Trinajstić information content (AvgIpc) is 2.26. The van der Waals surface area contributed by atoms with Crippen LogP contribution in [0.15, 0.2) is 29.1 Å². The summed E-state index contributed by atoms with van der Waals surface area (Å²) < 4.78 is 25.5. The molecule has 0 amide bonds. The van der Waals surface area contributed by atoms with E-state index in [0.717, 1.165) is 0 Å². The standard InChI is InChI=1S/C12H10F2N2O/c13-12(14)5-7(6-12)10-15-9-4-2-1-3-8(9)11(17)16-10/h1-4,7H,5-6H2,(H,15,16,17). The van der Waals surface area contributed by atoms with E-state index in [4.69, 9.17) is 0 Å². The molecule has 1 aromatic carbocycles. The van der Waals surface area contributed by atoms with Gasteiger partial charge in [-0.15, -0.1) is 0 Å². The first-order valence-corrected chi connectivity index (χ1v) is 5.42. The van der Waals surface area contributed by atoms with E-state index in [9.17, 15) is 13.6 Å². The number of halogens is 2. The zero-order chi connectivity index (χ0) is 12.0. The van der Waals surface area contributed by atoms with Crippen LogP contribution in [0, 0.1) is 0 Å². The summed E-state index contributed by atoms with van der Waals surface area (Å²) >= 11 is 0. The Morgan fingerprint density at radius 2 is 2.00 bits per heavy atom. The molecule has 0 saturated heterocycles. The fraction of sp³-hybridized carbons (Fsp3) is 0.333. The Hall–Kier alpha value is -1.78. The average molecular weight is 236 g/mol. The van der Waals surface area contributed by atoms with Crippen molar-refractivity contribution in [2.75, 3.05) is 0 Å². The van der Waals surface area contributed by atoms with Gasteiger partial charge in [-0.05, 0) is 12.1 Å². The maximum absolute atomic E-state index is 12.8. The summed E-state index contributed by atoms with van der Waals surface area (Å²) in [5.41, 5.74) is 0.294. The molecule has 3 rings (SSSR count). The third kappa shape index (κ3) is 1.71. The van der Waals surface area contributed by atoms with Gasteiger partial charge in [0.1, 0.15) is 5.82 Å². The molecule has 0 unspecified atom stereocenters. The molecule has 1 aliphatic carbocycles. The van der Waals surface area contributed by atoms with Crippen LogP contribution in [0.2, 0.25) is 0 Å². The van der Waals surface area contributed by atoms with Gasteiger partial charge >= 0.3 is 0 Å². The third-order valence-electron chi connectivity index (χ3n) is 3.11. The van der Waals surface area contributed by atoms with Gasteiger partial charge in [0.15, 0.2) is 0 Å². The topological polar surface area (TPSA) is 45.8 Å². The summed E-state index contributed by atoms with van der Waals surface area (Å²) in [6.45, 7) is 0. The Balaban J connectivity index is 2.05. The van der Waals surface area contributed by atoms with Crippen molar-refractivity contribution in [2.45, 2.75) is 24.7 Å². The Morgan fingerprint density at radius 3 is 2.71 bits per heavy atom. The van der Waals surface area contributed by atoms with Gasteiger partial charge in [0.05, 0.1) is 10.9 Å². The molecule has 1 N–H and O–H groups in total. The summed E-state index contributed by atoms with van der Waals surface area (Å²) in [6, 6.07) is 6.90. The number of nitrogens with one attached hydrogen (secondary N) is 1. The zero-order valence-corrected chi connectivity index (χ0v) is 8.91. The fourth-order valence-electron chi connectivity index (χ4n) is 2.15. The van der Waals surface area contributed by atoms with Crippen molar-refractivity contribution in [3.63, 3.8) is 0 Å². The monoisotopic (exact) mass is 236 g/mol. The van der Waals surface area contributed by atoms with Crippen LogP contribution in [0.1, 0.15) is 24.6 Å². The summed E-state index contributed by atoms with van der Waals surface area (Å²) in [5, 5.41) is 0.488. The van der Waals surface area contributed by atoms with E-state index >= 15 is 0 Å². The van der Waals surface area contributed by atoms with E-state index in [2.05, 4.69) is 9.97 Å². The van der Waals surface area contributed by atoms with E-state index in [1.165, 1.54) is 0 Å². The quantitative estimate of drug-likeness (QED) is 0.826. The SMILES string of the molecule is O=c1[nH]c(C2CC(F)(F)C2)nc2ccccc12. The first-order chi connectivity index (χ1) is 8.05. The van der Waals surface area contributed by atoms with Crippen LogP contribution in [0.4, 0.5) is 8.78 Å². The van der Waals surface area contributed by atoms with Gasteiger partial charge in [0.2, 0.25) is 5.92 Å². The molecule has 3 nitrogen and oxygen atoms in total. The molecular formula is C12H10F2N2O. The smallest absolute Gasteiger partial charge is 0.258 e. The van der Waals surface area contributed by atoms with Crippen molar-refractivity contribution in [1.29, 1.82) is 0 Å². The van der Waals surface area contributed by atoms with Gasteiger partial charge < -0.3 is 4.98 Å². The molecule has 0 atom stereocenters. The number of aromatic amines is 1. The molecule has 17 heavy (non-hydrogen) atoms. The Morgan fingerprint density at radius 1 is 1.29 bits per heavy atom. The van der Waals surface area contributed by atoms with Gasteiger partial charge in [-0.2, -0.15) is 0 Å². The Kier molecular flexibility index (Phi) is 2.05. The number of alkyl halides is 2. The molecule has 88 valence electrons. The molecule has 1 fully saturated rings. The number of aromatic nitrogens is 2. The van der Waals surface area contributed by atoms with Gasteiger partial charge in [0.25, 0.3) is 5.56 Å². The van der Waals surface area contributed by atoms with E-state index in [0.29, 0.717) is 16.7 Å². The van der Waals surface area contributed by atoms with Crippen LogP contribution in [0.25, 0.3) is 10.9 Å². The highest BCUT2D eigenvalue weighted by molar-refractivity contribution is 5.77. The van der Waals surface area contributed by atoms with Gasteiger partial charge in [-0.1, -0.05) is 12.1 Å². The number of benzene rings is 1. The molecule has 0 radical (unpaired) electrons. The van der Waals surface area contributed by atoms with Crippen LogP contribution < -0.4 is 5.56 Å². The molecule has 2 aromatic rings. The lowest BCUT2D eigenvalue weighted by Crippen LogP contribution is -2.35. The fourth-order valence-corrected chi connectivity index (χ4v) is 2.15. The molecule has 1 aromatic heterocycles. The van der Waals surface area contributed by atoms with Crippen molar-refractivity contribution in [2.24, 2.45) is 0 Å². The minimum absolute atomic E-state index is 0.228. The third-order valence-corrected chi connectivity index (χ3v) is 3.11. The largest absolute Gasteiger partial charge is 0.310 e. The first kappa shape index (κ1) is 10.4. The molecule has 1 heterocycles.